The van der Waals surface area contributed by atoms with Crippen molar-refractivity contribution in [3.63, 3.8) is 0 Å². The van der Waals surface area contributed by atoms with E-state index in [1.807, 2.05) is 0 Å². The summed E-state index contributed by atoms with van der Waals surface area (Å²) in [5.74, 6) is -1.25. The second-order valence-electron chi connectivity index (χ2n) is 8.17. The van der Waals surface area contributed by atoms with E-state index in [-0.39, 0.29) is 17.1 Å². The van der Waals surface area contributed by atoms with Gasteiger partial charge < -0.3 is 10.2 Å². The molecule has 0 aliphatic rings. The summed E-state index contributed by atoms with van der Waals surface area (Å²) in [6.07, 6.45) is -4.73. The molecule has 1 unspecified atom stereocenters. The van der Waals surface area contributed by atoms with E-state index < -0.39 is 46.2 Å². The molecular formula is C26H26F3N3O4S. The minimum absolute atomic E-state index is 0.0178. The van der Waals surface area contributed by atoms with Gasteiger partial charge in [-0.1, -0.05) is 54.6 Å². The average molecular weight is 534 g/mol. The molecule has 0 radical (unpaired) electrons. The number of anilines is 1. The quantitative estimate of drug-likeness (QED) is 0.450. The monoisotopic (exact) mass is 533 g/mol. The molecular weight excluding hydrogens is 507 g/mol. The lowest BCUT2D eigenvalue weighted by Crippen LogP contribution is -2.50. The van der Waals surface area contributed by atoms with Gasteiger partial charge in [0.05, 0.1) is 16.1 Å². The van der Waals surface area contributed by atoms with Crippen LogP contribution in [0.15, 0.2) is 89.8 Å². The molecule has 3 aromatic carbocycles. The third-order valence-electron chi connectivity index (χ3n) is 5.68. The van der Waals surface area contributed by atoms with Gasteiger partial charge in [0, 0.05) is 13.6 Å². The third kappa shape index (κ3) is 6.67. The first-order chi connectivity index (χ1) is 17.4. The van der Waals surface area contributed by atoms with Crippen molar-refractivity contribution in [2.45, 2.75) is 30.6 Å². The molecule has 1 atom stereocenters. The highest BCUT2D eigenvalue weighted by Crippen LogP contribution is 2.33. The molecule has 37 heavy (non-hydrogen) atoms. The summed E-state index contributed by atoms with van der Waals surface area (Å²) < 4.78 is 68.1. The van der Waals surface area contributed by atoms with Gasteiger partial charge in [0.25, 0.3) is 10.0 Å². The Balaban J connectivity index is 2.07. The van der Waals surface area contributed by atoms with E-state index >= 15 is 0 Å². The van der Waals surface area contributed by atoms with E-state index in [1.165, 1.54) is 49.2 Å². The number of carbonyl (C=O) groups excluding carboxylic acids is 2. The number of amides is 2. The van der Waals surface area contributed by atoms with Crippen molar-refractivity contribution in [2.75, 3.05) is 17.9 Å². The van der Waals surface area contributed by atoms with Crippen LogP contribution in [0.1, 0.15) is 18.1 Å². The van der Waals surface area contributed by atoms with Crippen LogP contribution in [-0.4, -0.2) is 44.8 Å². The molecule has 3 rings (SSSR count). The minimum Gasteiger partial charge on any atom is -0.357 e. The minimum atomic E-state index is -4.73. The molecule has 0 spiro atoms. The number of hydrogen-bond donors (Lipinski definition) is 1. The Labute approximate surface area is 213 Å². The molecule has 0 aromatic heterocycles. The van der Waals surface area contributed by atoms with E-state index in [1.54, 1.807) is 36.4 Å². The molecule has 3 aromatic rings. The van der Waals surface area contributed by atoms with Crippen LogP contribution in [0, 0.1) is 0 Å². The molecule has 0 saturated heterocycles. The molecule has 0 bridgehead atoms. The molecule has 0 aliphatic carbocycles. The highest BCUT2D eigenvalue weighted by molar-refractivity contribution is 7.92. The van der Waals surface area contributed by atoms with E-state index in [2.05, 4.69) is 5.32 Å². The molecule has 2 amide bonds. The predicted octanol–water partition coefficient (Wildman–Crippen LogP) is 4.06. The molecule has 11 heteroatoms. The van der Waals surface area contributed by atoms with E-state index in [4.69, 9.17) is 0 Å². The number of nitrogens with one attached hydrogen (secondary N) is 1. The zero-order chi connectivity index (χ0) is 27.2. The number of halogens is 3. The molecule has 7 nitrogen and oxygen atoms in total. The van der Waals surface area contributed by atoms with Crippen molar-refractivity contribution in [2.24, 2.45) is 0 Å². The maximum atomic E-state index is 13.6. The zero-order valence-corrected chi connectivity index (χ0v) is 21.0. The number of sulfonamides is 1. The number of hydrogen-bond acceptors (Lipinski definition) is 4. The maximum Gasteiger partial charge on any atom is 0.416 e. The van der Waals surface area contributed by atoms with Gasteiger partial charge in [-0.2, -0.15) is 13.2 Å². The summed E-state index contributed by atoms with van der Waals surface area (Å²) in [4.78, 5) is 27.0. The Bertz CT molecular complexity index is 1330. The van der Waals surface area contributed by atoms with Gasteiger partial charge in [0.15, 0.2) is 0 Å². The predicted molar refractivity (Wildman–Crippen MR) is 133 cm³/mol. The van der Waals surface area contributed by atoms with Gasteiger partial charge >= 0.3 is 6.18 Å². The molecule has 0 heterocycles. The van der Waals surface area contributed by atoms with Gasteiger partial charge in [0.2, 0.25) is 11.8 Å². The van der Waals surface area contributed by atoms with Crippen LogP contribution in [0.5, 0.6) is 0 Å². The molecule has 0 fully saturated rings. The van der Waals surface area contributed by atoms with E-state index in [0.29, 0.717) is 15.9 Å². The number of benzene rings is 3. The number of carbonyl (C=O) groups is 2. The number of nitrogens with zero attached hydrogens (tertiary/aromatic N) is 2. The standard InChI is InChI=1S/C26H26F3N3O4S/c1-19(25(34)30-2)31(17-20-10-5-3-6-11-20)24(33)18-32(37(35,36)23-14-7-4-8-15-23)22-13-9-12-21(16-22)26(27,28)29/h3-16,19H,17-18H2,1-2H3,(H,30,34). The topological polar surface area (TPSA) is 86.8 Å². The van der Waals surface area contributed by atoms with Crippen molar-refractivity contribution in [3.05, 3.63) is 96.1 Å². The number of rotatable bonds is 9. The fraction of sp³-hybridized carbons (Fsp3) is 0.231. The first-order valence-electron chi connectivity index (χ1n) is 11.2. The lowest BCUT2D eigenvalue weighted by molar-refractivity contribution is -0.139. The lowest BCUT2D eigenvalue weighted by Gasteiger charge is -2.32. The summed E-state index contributed by atoms with van der Waals surface area (Å²) in [6, 6.07) is 18.6. The van der Waals surface area contributed by atoms with Crippen molar-refractivity contribution in [3.8, 4) is 0 Å². The van der Waals surface area contributed by atoms with Crippen LogP contribution in [0.4, 0.5) is 18.9 Å². The summed E-state index contributed by atoms with van der Waals surface area (Å²) in [6.45, 7) is 0.642. The summed E-state index contributed by atoms with van der Waals surface area (Å²) >= 11 is 0. The van der Waals surface area contributed by atoms with Crippen LogP contribution >= 0.6 is 0 Å². The molecule has 1 N–H and O–H groups in total. The van der Waals surface area contributed by atoms with Gasteiger partial charge in [-0.3, -0.25) is 13.9 Å². The van der Waals surface area contributed by atoms with Gasteiger partial charge in [-0.25, -0.2) is 8.42 Å². The van der Waals surface area contributed by atoms with Gasteiger partial charge in [0.1, 0.15) is 12.6 Å². The fourth-order valence-electron chi connectivity index (χ4n) is 3.66. The van der Waals surface area contributed by atoms with Crippen molar-refractivity contribution < 1.29 is 31.2 Å². The average Bonchev–Trinajstić information content (AvgIpc) is 2.90. The Morgan fingerprint density at radius 2 is 1.51 bits per heavy atom. The van der Waals surface area contributed by atoms with Crippen molar-refractivity contribution in [1.82, 2.24) is 10.2 Å². The van der Waals surface area contributed by atoms with Crippen LogP contribution in [0.3, 0.4) is 0 Å². The van der Waals surface area contributed by atoms with Crippen LogP contribution in [0.2, 0.25) is 0 Å². The first-order valence-corrected chi connectivity index (χ1v) is 12.7. The third-order valence-corrected chi connectivity index (χ3v) is 7.47. The van der Waals surface area contributed by atoms with Crippen LogP contribution in [0.25, 0.3) is 0 Å². The number of alkyl halides is 3. The Hall–Kier alpha value is -3.86. The summed E-state index contributed by atoms with van der Waals surface area (Å²) in [5.41, 5.74) is -0.715. The normalized spacial score (nSPS) is 12.5. The Kier molecular flexibility index (Phi) is 8.59. The summed E-state index contributed by atoms with van der Waals surface area (Å²) in [5, 5.41) is 2.46. The summed E-state index contributed by atoms with van der Waals surface area (Å²) in [7, 11) is -3.05. The maximum absolute atomic E-state index is 13.6. The molecule has 0 aliphatic heterocycles. The SMILES string of the molecule is CNC(=O)C(C)N(Cc1ccccc1)C(=O)CN(c1cccc(C(F)(F)F)c1)S(=O)(=O)c1ccccc1. The first kappa shape index (κ1) is 27.7. The Morgan fingerprint density at radius 3 is 2.08 bits per heavy atom. The fourth-order valence-corrected chi connectivity index (χ4v) is 5.08. The largest absolute Gasteiger partial charge is 0.416 e. The van der Waals surface area contributed by atoms with Gasteiger partial charge in [-0.15, -0.1) is 0 Å². The van der Waals surface area contributed by atoms with Gasteiger partial charge in [-0.05, 0) is 42.8 Å². The lowest BCUT2D eigenvalue weighted by atomic mass is 10.1. The Morgan fingerprint density at radius 1 is 0.919 bits per heavy atom. The highest BCUT2D eigenvalue weighted by atomic mass is 32.2. The zero-order valence-electron chi connectivity index (χ0n) is 20.1. The second-order valence-corrected chi connectivity index (χ2v) is 10.0. The smallest absolute Gasteiger partial charge is 0.357 e. The van der Waals surface area contributed by atoms with Crippen molar-refractivity contribution in [1.29, 1.82) is 0 Å². The highest BCUT2D eigenvalue weighted by Gasteiger charge is 2.35. The van der Waals surface area contributed by atoms with E-state index in [9.17, 15) is 31.2 Å². The number of likely N-dealkylation sites (N-methyl/N-ethyl adjacent to an activating group) is 1. The molecule has 0 saturated carbocycles. The molecule has 196 valence electrons. The van der Waals surface area contributed by atoms with E-state index in [0.717, 1.165) is 12.1 Å². The van der Waals surface area contributed by atoms with Crippen LogP contribution < -0.4 is 9.62 Å². The van der Waals surface area contributed by atoms with Crippen LogP contribution in [-0.2, 0) is 32.3 Å². The van der Waals surface area contributed by atoms with Crippen molar-refractivity contribution >= 4 is 27.5 Å². The second kappa shape index (κ2) is 11.5.